The Morgan fingerprint density at radius 2 is 2.14 bits per heavy atom. The fourth-order valence-electron chi connectivity index (χ4n) is 6.40. The van der Waals surface area contributed by atoms with Crippen LogP contribution in [0.5, 0.6) is 0 Å². The van der Waals surface area contributed by atoms with Crippen LogP contribution < -0.4 is 5.73 Å². The number of hydrogen-bond donors (Lipinski definition) is 2. The molecule has 3 N–H and O–H groups in total. The lowest BCUT2D eigenvalue weighted by Gasteiger charge is -2.43. The van der Waals surface area contributed by atoms with Crippen molar-refractivity contribution in [2.24, 2.45) is 35.3 Å². The topological polar surface area (TPSA) is 96.1 Å². The van der Waals surface area contributed by atoms with Gasteiger partial charge in [0.05, 0.1) is 12.3 Å². The molecule has 6 atom stereocenters. The summed E-state index contributed by atoms with van der Waals surface area (Å²) in [5, 5.41) is 9.47. The Morgan fingerprint density at radius 1 is 1.34 bits per heavy atom. The Hall–Kier alpha value is -2.35. The first-order valence-corrected chi connectivity index (χ1v) is 10.4. The molecule has 0 spiro atoms. The van der Waals surface area contributed by atoms with Crippen molar-refractivity contribution in [3.05, 3.63) is 34.8 Å². The predicted molar refractivity (Wildman–Crippen MR) is 99.4 cm³/mol. The van der Waals surface area contributed by atoms with E-state index in [1.165, 1.54) is 6.20 Å². The summed E-state index contributed by atoms with van der Waals surface area (Å²) >= 11 is 0. The van der Waals surface area contributed by atoms with Gasteiger partial charge in [-0.3, -0.25) is 9.59 Å². The van der Waals surface area contributed by atoms with Crippen molar-refractivity contribution in [3.63, 3.8) is 0 Å². The minimum absolute atomic E-state index is 0.0773. The van der Waals surface area contributed by atoms with Crippen LogP contribution in [0.3, 0.4) is 0 Å². The average molecular weight is 401 g/mol. The molecule has 2 aliphatic carbocycles. The smallest absolute Gasteiger partial charge is 0.316 e. The monoisotopic (exact) mass is 401 g/mol. The van der Waals surface area contributed by atoms with E-state index in [4.69, 9.17) is 10.5 Å². The molecule has 0 aromatic heterocycles. The number of nitrogens with zero attached hydrogens (tertiary/aromatic N) is 2. The Bertz CT molecular complexity index is 956. The number of aliphatic carboxylic acids is 1. The molecule has 4 aliphatic heterocycles. The number of allylic oxidation sites excluding steroid dienone is 1. The van der Waals surface area contributed by atoms with Gasteiger partial charge in [0, 0.05) is 42.9 Å². The summed E-state index contributed by atoms with van der Waals surface area (Å²) in [6, 6.07) is 0. The molecule has 0 aromatic rings. The lowest BCUT2D eigenvalue weighted by molar-refractivity contribution is -0.146. The number of ketones is 1. The van der Waals surface area contributed by atoms with Crippen molar-refractivity contribution in [2.45, 2.75) is 25.3 Å². The fourth-order valence-corrected chi connectivity index (χ4v) is 6.40. The van der Waals surface area contributed by atoms with Crippen molar-refractivity contribution in [1.29, 1.82) is 0 Å². The summed E-state index contributed by atoms with van der Waals surface area (Å²) in [5.41, 5.74) is 7.86. The van der Waals surface area contributed by atoms with Crippen molar-refractivity contribution in [1.82, 2.24) is 9.80 Å². The van der Waals surface area contributed by atoms with Gasteiger partial charge >= 0.3 is 5.97 Å². The molecule has 1 saturated heterocycles. The Morgan fingerprint density at radius 3 is 2.86 bits per heavy atom. The molecule has 7 nitrogen and oxygen atoms in total. The normalized spacial score (nSPS) is 42.4. The van der Waals surface area contributed by atoms with E-state index < -0.39 is 17.7 Å². The fraction of sp³-hybridized carbons (Fsp3) is 0.619. The predicted octanol–water partition coefficient (Wildman–Crippen LogP) is 1.20. The molecular weight excluding hydrogens is 377 g/mol. The number of nitrogens with two attached hydrogens (primary N) is 1. The molecule has 0 bridgehead atoms. The van der Waals surface area contributed by atoms with E-state index in [1.54, 1.807) is 4.90 Å². The van der Waals surface area contributed by atoms with Crippen molar-refractivity contribution < 1.29 is 23.8 Å². The SMILES string of the molecule is C[C@@H]1COC2=C(N3C[C@H]4CC5C[C@]5(N)[C@H]4C3)C(F)=CN3CC(C(=O)O)C(=O)C1=C23. The molecule has 29 heavy (non-hydrogen) atoms. The number of halogens is 1. The second kappa shape index (κ2) is 5.41. The van der Waals surface area contributed by atoms with Crippen molar-refractivity contribution in [2.75, 3.05) is 26.2 Å². The second-order valence-electron chi connectivity index (χ2n) is 9.56. The van der Waals surface area contributed by atoms with E-state index in [1.807, 2.05) is 11.8 Å². The van der Waals surface area contributed by atoms with Gasteiger partial charge in [-0.15, -0.1) is 0 Å². The molecule has 3 fully saturated rings. The van der Waals surface area contributed by atoms with Crippen LogP contribution in [0.15, 0.2) is 34.8 Å². The van der Waals surface area contributed by atoms with Gasteiger partial charge in [0.1, 0.15) is 11.6 Å². The maximum Gasteiger partial charge on any atom is 0.316 e. The molecule has 0 radical (unpaired) electrons. The highest BCUT2D eigenvalue weighted by Crippen LogP contribution is 2.62. The number of carbonyl (C=O) groups excluding carboxylic acids is 1. The number of carboxylic acids is 1. The van der Waals surface area contributed by atoms with Crippen molar-refractivity contribution >= 4 is 11.8 Å². The van der Waals surface area contributed by atoms with Crippen LogP contribution in [0.1, 0.15) is 19.8 Å². The van der Waals surface area contributed by atoms with E-state index in [9.17, 15) is 14.7 Å². The van der Waals surface area contributed by atoms with Crippen LogP contribution in [0.4, 0.5) is 4.39 Å². The lowest BCUT2D eigenvalue weighted by Crippen LogP contribution is -2.47. The zero-order valence-electron chi connectivity index (χ0n) is 16.2. The average Bonchev–Trinajstić information content (AvgIpc) is 3.01. The summed E-state index contributed by atoms with van der Waals surface area (Å²) in [4.78, 5) is 28.1. The number of fused-ring (bicyclic) bond motifs is 3. The Labute approximate surface area is 167 Å². The number of carboxylic acid groups (broad SMARTS) is 1. The molecule has 6 aliphatic rings. The van der Waals surface area contributed by atoms with E-state index in [0.717, 1.165) is 19.4 Å². The van der Waals surface area contributed by atoms with Gasteiger partial charge in [-0.05, 0) is 30.6 Å². The highest BCUT2D eigenvalue weighted by molar-refractivity contribution is 6.10. The third-order valence-corrected chi connectivity index (χ3v) is 7.93. The summed E-state index contributed by atoms with van der Waals surface area (Å²) in [5.74, 6) is -1.58. The number of hydrogen-bond acceptors (Lipinski definition) is 6. The van der Waals surface area contributed by atoms with Crippen LogP contribution in [-0.2, 0) is 14.3 Å². The van der Waals surface area contributed by atoms with E-state index in [0.29, 0.717) is 47.0 Å². The van der Waals surface area contributed by atoms with Gasteiger partial charge in [0.15, 0.2) is 17.4 Å². The van der Waals surface area contributed by atoms with Crippen LogP contribution >= 0.6 is 0 Å². The second-order valence-corrected chi connectivity index (χ2v) is 9.56. The highest BCUT2D eigenvalue weighted by atomic mass is 19.1. The molecule has 0 aromatic carbocycles. The van der Waals surface area contributed by atoms with Gasteiger partial charge in [-0.2, -0.15) is 0 Å². The van der Waals surface area contributed by atoms with Crippen LogP contribution in [-0.4, -0.2) is 58.4 Å². The number of rotatable bonds is 2. The summed E-state index contributed by atoms with van der Waals surface area (Å²) in [6.45, 7) is 3.45. The van der Waals surface area contributed by atoms with Gasteiger partial charge in [-0.1, -0.05) is 6.92 Å². The number of ether oxygens (including phenoxy) is 1. The van der Waals surface area contributed by atoms with Crippen LogP contribution in [0, 0.1) is 29.6 Å². The summed E-state index contributed by atoms with van der Waals surface area (Å²) < 4.78 is 21.3. The third-order valence-electron chi connectivity index (χ3n) is 7.93. The van der Waals surface area contributed by atoms with E-state index >= 15 is 4.39 Å². The molecule has 8 heteroatoms. The van der Waals surface area contributed by atoms with Crippen LogP contribution in [0.2, 0.25) is 0 Å². The number of likely N-dealkylation sites (tertiary alicyclic amines) is 1. The van der Waals surface area contributed by atoms with Gasteiger partial charge in [-0.25, -0.2) is 4.39 Å². The van der Waals surface area contributed by atoms with Gasteiger partial charge in [0.2, 0.25) is 0 Å². The van der Waals surface area contributed by atoms with Gasteiger partial charge < -0.3 is 25.4 Å². The molecule has 154 valence electrons. The molecule has 6 rings (SSSR count). The first kappa shape index (κ1) is 17.5. The highest BCUT2D eigenvalue weighted by Gasteiger charge is 2.66. The third kappa shape index (κ3) is 2.15. The van der Waals surface area contributed by atoms with E-state index in [2.05, 4.69) is 0 Å². The summed E-state index contributed by atoms with van der Waals surface area (Å²) in [7, 11) is 0. The zero-order valence-corrected chi connectivity index (χ0v) is 16.2. The molecule has 0 amide bonds. The molecule has 2 unspecified atom stereocenters. The minimum atomic E-state index is -1.18. The van der Waals surface area contributed by atoms with Crippen LogP contribution in [0.25, 0.3) is 0 Å². The quantitative estimate of drug-likeness (QED) is 0.671. The maximum atomic E-state index is 15.3. The molecule has 2 saturated carbocycles. The van der Waals surface area contributed by atoms with E-state index in [-0.39, 0.29) is 30.4 Å². The minimum Gasteiger partial charge on any atom is -0.488 e. The Kier molecular flexibility index (Phi) is 3.27. The largest absolute Gasteiger partial charge is 0.488 e. The standard InChI is InChI=1S/C21H24FN3O4/c1-9-8-29-19-16(24-4-10-2-11-3-21(11,23)13(10)6-24)14(22)7-25-5-12(20(27)28)18(26)15(9)17(19)25/h7,9-13H,2-6,8,23H2,1H3,(H,27,28)/t9-,10-,11?,12?,13+,21-/m1/s1. The summed E-state index contributed by atoms with van der Waals surface area (Å²) in [6.07, 6.45) is 3.50. The first-order chi connectivity index (χ1) is 13.8. The number of carbonyl (C=O) groups is 2. The first-order valence-electron chi connectivity index (χ1n) is 10.4. The van der Waals surface area contributed by atoms with Crippen molar-refractivity contribution in [3.8, 4) is 0 Å². The maximum absolute atomic E-state index is 15.3. The molecule has 4 heterocycles. The lowest BCUT2D eigenvalue weighted by atomic mass is 9.82. The Balaban J connectivity index is 1.43. The molecular formula is C21H24FN3O4. The zero-order chi connectivity index (χ0) is 20.2. The number of Topliss-reactive ketones (excluding diaryl/α,β-unsaturated/α-hetero) is 1. The van der Waals surface area contributed by atoms with Gasteiger partial charge in [0.25, 0.3) is 0 Å².